The summed E-state index contributed by atoms with van der Waals surface area (Å²) in [5.41, 5.74) is 0.999. The Labute approximate surface area is 138 Å². The molecule has 0 aromatic carbocycles. The molecule has 0 fully saturated rings. The molecule has 5 heteroatoms. The monoisotopic (exact) mass is 332 g/mol. The third kappa shape index (κ3) is 11.4. The lowest BCUT2D eigenvalue weighted by atomic mass is 10.4. The average molecular weight is 333 g/mol. The van der Waals surface area contributed by atoms with Crippen LogP contribution in [0.15, 0.2) is 12.2 Å². The van der Waals surface area contributed by atoms with E-state index in [1.54, 1.807) is 0 Å². The maximum atomic E-state index is 6.08. The molecule has 22 heavy (non-hydrogen) atoms. The van der Waals surface area contributed by atoms with Crippen molar-refractivity contribution in [3.63, 3.8) is 0 Å². The van der Waals surface area contributed by atoms with Gasteiger partial charge in [0.1, 0.15) is 6.23 Å². The molecule has 0 radical (unpaired) electrons. The van der Waals surface area contributed by atoms with Crippen LogP contribution in [0.3, 0.4) is 0 Å². The largest absolute Gasteiger partial charge is 0.528 e. The molecule has 0 N–H and O–H groups in total. The smallest absolute Gasteiger partial charge is 0.373 e. The van der Waals surface area contributed by atoms with Crippen molar-refractivity contribution >= 4 is 8.80 Å². The lowest BCUT2D eigenvalue weighted by Crippen LogP contribution is -2.51. The molecule has 0 aliphatic carbocycles. The zero-order valence-corrected chi connectivity index (χ0v) is 16.1. The van der Waals surface area contributed by atoms with Gasteiger partial charge in [0.15, 0.2) is 0 Å². The molecule has 0 heterocycles. The van der Waals surface area contributed by atoms with E-state index in [0.717, 1.165) is 44.1 Å². The summed E-state index contributed by atoms with van der Waals surface area (Å²) in [4.78, 5) is 0. The Morgan fingerprint density at radius 2 is 1.23 bits per heavy atom. The van der Waals surface area contributed by atoms with Crippen LogP contribution in [0.1, 0.15) is 66.2 Å². The van der Waals surface area contributed by atoms with Crippen LogP contribution in [0.2, 0.25) is 0 Å². The Morgan fingerprint density at radius 1 is 0.818 bits per heavy atom. The molecule has 0 saturated heterocycles. The summed E-state index contributed by atoms with van der Waals surface area (Å²) in [6, 6.07) is 0. The highest BCUT2D eigenvalue weighted by Crippen LogP contribution is 2.14. The van der Waals surface area contributed by atoms with Crippen LogP contribution in [0.4, 0.5) is 0 Å². The average Bonchev–Trinajstić information content (AvgIpc) is 2.47. The van der Waals surface area contributed by atoms with Gasteiger partial charge in [-0.25, -0.2) is 0 Å². The van der Waals surface area contributed by atoms with Gasteiger partial charge in [0.05, 0.1) is 6.61 Å². The maximum Gasteiger partial charge on any atom is 0.528 e. The minimum atomic E-state index is -2.74. The summed E-state index contributed by atoms with van der Waals surface area (Å²) in [6.07, 6.45) is 6.76. The molecule has 0 spiro atoms. The fraction of sp³-hybridized carbons (Fsp3) is 0.882. The van der Waals surface area contributed by atoms with E-state index in [9.17, 15) is 0 Å². The summed E-state index contributed by atoms with van der Waals surface area (Å²) in [7, 11) is -2.74. The van der Waals surface area contributed by atoms with Crippen LogP contribution in [0.25, 0.3) is 0 Å². The summed E-state index contributed by atoms with van der Waals surface area (Å²) >= 11 is 0. The van der Waals surface area contributed by atoms with E-state index in [0.29, 0.717) is 32.7 Å². The molecule has 0 aromatic heterocycles. The van der Waals surface area contributed by atoms with Crippen LogP contribution in [-0.4, -0.2) is 41.5 Å². The van der Waals surface area contributed by atoms with Gasteiger partial charge in [0.25, 0.3) is 0 Å². The first-order valence-corrected chi connectivity index (χ1v) is 10.7. The van der Waals surface area contributed by atoms with E-state index in [-0.39, 0.29) is 0 Å². The molecule has 0 atom stereocenters. The molecule has 0 aliphatic rings. The molecule has 0 bridgehead atoms. The Kier molecular flexibility index (Phi) is 14.3. The van der Waals surface area contributed by atoms with Gasteiger partial charge in [-0.1, -0.05) is 52.2 Å². The van der Waals surface area contributed by atoms with Gasteiger partial charge >= 0.3 is 8.80 Å². The van der Waals surface area contributed by atoms with Crippen LogP contribution in [-0.2, 0) is 18.0 Å². The van der Waals surface area contributed by atoms with Crippen LogP contribution < -0.4 is 0 Å². The minimum Gasteiger partial charge on any atom is -0.373 e. The Bertz CT molecular complexity index is 245. The van der Waals surface area contributed by atoms with Crippen molar-refractivity contribution < 1.29 is 18.0 Å². The first-order valence-electron chi connectivity index (χ1n) is 8.74. The third-order valence-corrected chi connectivity index (χ3v) is 5.58. The van der Waals surface area contributed by atoms with Gasteiger partial charge in [-0.2, -0.15) is 0 Å². The lowest BCUT2D eigenvalue weighted by Gasteiger charge is -2.29. The molecule has 0 aliphatic heterocycles. The predicted octanol–water partition coefficient (Wildman–Crippen LogP) is 4.51. The number of ether oxygens (including phenoxy) is 1. The van der Waals surface area contributed by atoms with Crippen molar-refractivity contribution in [1.29, 1.82) is 0 Å². The fourth-order valence-electron chi connectivity index (χ4n) is 1.72. The highest BCUT2D eigenvalue weighted by atomic mass is 28.4. The van der Waals surface area contributed by atoms with Gasteiger partial charge in [0.2, 0.25) is 0 Å². The highest BCUT2D eigenvalue weighted by molar-refractivity contribution is 6.60. The van der Waals surface area contributed by atoms with Gasteiger partial charge in [-0.15, -0.1) is 0 Å². The van der Waals surface area contributed by atoms with Gasteiger partial charge in [-0.3, -0.25) is 0 Å². The topological polar surface area (TPSA) is 36.9 Å². The summed E-state index contributed by atoms with van der Waals surface area (Å²) in [5, 5.41) is 0. The van der Waals surface area contributed by atoms with Crippen molar-refractivity contribution in [2.45, 2.75) is 66.2 Å². The first kappa shape index (κ1) is 21.8. The number of hydrogen-bond donors (Lipinski definition) is 0. The molecule has 0 aromatic rings. The Morgan fingerprint density at radius 3 is 1.55 bits per heavy atom. The second-order valence-corrected chi connectivity index (χ2v) is 8.26. The summed E-state index contributed by atoms with van der Waals surface area (Å²) in [5.74, 6) is 0. The van der Waals surface area contributed by atoms with E-state index < -0.39 is 8.80 Å². The zero-order valence-electron chi connectivity index (χ0n) is 15.1. The number of rotatable bonds is 16. The van der Waals surface area contributed by atoms with E-state index in [1.807, 2.05) is 6.92 Å². The minimum absolute atomic E-state index is 0.414. The summed E-state index contributed by atoms with van der Waals surface area (Å²) < 4.78 is 24.0. The molecule has 0 rings (SSSR count). The highest BCUT2D eigenvalue weighted by Gasteiger charge is 2.42. The zero-order chi connectivity index (χ0) is 16.7. The van der Waals surface area contributed by atoms with Crippen molar-refractivity contribution in [2.24, 2.45) is 0 Å². The van der Waals surface area contributed by atoms with Crippen molar-refractivity contribution in [2.75, 3.05) is 32.7 Å². The predicted molar refractivity (Wildman–Crippen MR) is 94.0 cm³/mol. The fourth-order valence-corrected chi connectivity index (χ4v) is 3.93. The van der Waals surface area contributed by atoms with Crippen molar-refractivity contribution in [3.8, 4) is 0 Å². The van der Waals surface area contributed by atoms with Crippen molar-refractivity contribution in [3.05, 3.63) is 12.2 Å². The van der Waals surface area contributed by atoms with Crippen LogP contribution in [0, 0.1) is 0 Å². The van der Waals surface area contributed by atoms with E-state index >= 15 is 0 Å². The van der Waals surface area contributed by atoms with E-state index in [2.05, 4.69) is 27.4 Å². The van der Waals surface area contributed by atoms with Gasteiger partial charge in [-0.05, 0) is 26.2 Å². The Hall–Kier alpha value is -0.203. The number of hydrogen-bond acceptors (Lipinski definition) is 4. The lowest BCUT2D eigenvalue weighted by molar-refractivity contribution is 0.0236. The number of unbranched alkanes of at least 4 members (excludes halogenated alkanes) is 3. The second-order valence-electron chi connectivity index (χ2n) is 5.74. The Balaban J connectivity index is 4.64. The molecular formula is C17H36O4Si. The summed E-state index contributed by atoms with van der Waals surface area (Å²) in [6.45, 7) is 14.8. The SMILES string of the molecule is C=C(C)COC[Si](OCCCC)(OCCCC)OCCCC. The normalized spacial score (nSPS) is 11.8. The molecule has 0 unspecified atom stereocenters. The van der Waals surface area contributed by atoms with Gasteiger partial charge < -0.3 is 18.0 Å². The maximum absolute atomic E-state index is 6.08. The molecular weight excluding hydrogens is 296 g/mol. The first-order chi connectivity index (χ1) is 10.6. The van der Waals surface area contributed by atoms with Crippen LogP contribution >= 0.6 is 0 Å². The molecule has 4 nitrogen and oxygen atoms in total. The molecule has 0 saturated carbocycles. The second kappa shape index (κ2) is 14.4. The van der Waals surface area contributed by atoms with Gasteiger partial charge in [0, 0.05) is 19.8 Å². The molecule has 132 valence electrons. The van der Waals surface area contributed by atoms with Crippen molar-refractivity contribution in [1.82, 2.24) is 0 Å². The van der Waals surface area contributed by atoms with E-state index in [1.165, 1.54) is 0 Å². The quantitative estimate of drug-likeness (QED) is 0.237. The standard InChI is InChI=1S/C17H36O4Si/c1-6-9-12-19-22(20-13-10-7-2,21-14-11-8-3)16-18-15-17(4)5/h4,6-16H2,1-3,5H3. The molecule has 0 amide bonds. The van der Waals surface area contributed by atoms with E-state index in [4.69, 9.17) is 18.0 Å². The van der Waals surface area contributed by atoms with Crippen LogP contribution in [0.5, 0.6) is 0 Å². The third-order valence-electron chi connectivity index (χ3n) is 3.09.